The molecule has 0 radical (unpaired) electrons. The average Bonchev–Trinajstić information content (AvgIpc) is 2.57. The van der Waals surface area contributed by atoms with E-state index in [1.807, 2.05) is 59.5 Å². The lowest BCUT2D eigenvalue weighted by Gasteiger charge is -2.38. The van der Waals surface area contributed by atoms with Crippen LogP contribution in [0.2, 0.25) is 0 Å². The van der Waals surface area contributed by atoms with Crippen molar-refractivity contribution in [2.24, 2.45) is 0 Å². The second kappa shape index (κ2) is 6.62. The summed E-state index contributed by atoms with van der Waals surface area (Å²) in [5, 5.41) is 3.48. The van der Waals surface area contributed by atoms with Gasteiger partial charge >= 0.3 is 0 Å². The first-order valence-electron chi connectivity index (χ1n) is 7.51. The maximum absolute atomic E-state index is 12.8. The number of amides is 1. The Labute approximate surface area is 130 Å². The van der Waals surface area contributed by atoms with Crippen molar-refractivity contribution in [2.45, 2.75) is 12.6 Å². The molecule has 2 aromatic rings. The molecule has 114 valence electrons. The van der Waals surface area contributed by atoms with Crippen LogP contribution in [0.4, 0.5) is 5.69 Å². The lowest BCUT2D eigenvalue weighted by molar-refractivity contribution is 0.0660. The van der Waals surface area contributed by atoms with Crippen molar-refractivity contribution in [1.82, 2.24) is 4.90 Å². The lowest BCUT2D eigenvalue weighted by Crippen LogP contribution is -2.43. The molecule has 1 amide bonds. The summed E-state index contributed by atoms with van der Waals surface area (Å²) >= 11 is 0. The third-order valence-corrected chi connectivity index (χ3v) is 3.89. The van der Waals surface area contributed by atoms with Gasteiger partial charge in [-0.2, -0.15) is 0 Å². The molecular weight excluding hydrogens is 276 g/mol. The van der Waals surface area contributed by atoms with Gasteiger partial charge in [-0.15, -0.1) is 0 Å². The van der Waals surface area contributed by atoms with E-state index < -0.39 is 0 Å². The van der Waals surface area contributed by atoms with Crippen molar-refractivity contribution >= 4 is 11.6 Å². The minimum atomic E-state index is -0.138. The fourth-order valence-electron chi connectivity index (χ4n) is 2.80. The minimum Gasteiger partial charge on any atom is -0.385 e. The number of carbonyl (C=O) groups excluding carboxylic acids is 1. The zero-order valence-electron chi connectivity index (χ0n) is 12.7. The first kappa shape index (κ1) is 14.6. The van der Waals surface area contributed by atoms with Crippen molar-refractivity contribution in [3.05, 3.63) is 65.7 Å². The Morgan fingerprint density at radius 3 is 2.59 bits per heavy atom. The van der Waals surface area contributed by atoms with Crippen molar-refractivity contribution in [2.75, 3.05) is 25.6 Å². The molecule has 4 heteroatoms. The number of para-hydroxylation sites is 1. The van der Waals surface area contributed by atoms with Gasteiger partial charge in [-0.1, -0.05) is 42.5 Å². The van der Waals surface area contributed by atoms with Crippen LogP contribution in [0.5, 0.6) is 0 Å². The van der Waals surface area contributed by atoms with Crippen LogP contribution in [0.3, 0.4) is 0 Å². The molecule has 0 fully saturated rings. The Morgan fingerprint density at radius 1 is 1.09 bits per heavy atom. The monoisotopic (exact) mass is 296 g/mol. The lowest BCUT2D eigenvalue weighted by atomic mass is 10.0. The van der Waals surface area contributed by atoms with Gasteiger partial charge in [0.1, 0.15) is 6.17 Å². The number of carbonyl (C=O) groups is 1. The van der Waals surface area contributed by atoms with E-state index in [0.29, 0.717) is 13.2 Å². The number of fused-ring (bicyclic) bond motifs is 1. The summed E-state index contributed by atoms with van der Waals surface area (Å²) in [7, 11) is 1.68. The highest BCUT2D eigenvalue weighted by Gasteiger charge is 2.32. The zero-order chi connectivity index (χ0) is 15.4. The number of ether oxygens (including phenoxy) is 1. The quantitative estimate of drug-likeness (QED) is 0.861. The van der Waals surface area contributed by atoms with Gasteiger partial charge in [-0.25, -0.2) is 0 Å². The van der Waals surface area contributed by atoms with E-state index in [9.17, 15) is 4.79 Å². The molecule has 1 N–H and O–H groups in total. The first-order chi connectivity index (χ1) is 10.8. The third kappa shape index (κ3) is 2.83. The van der Waals surface area contributed by atoms with E-state index in [-0.39, 0.29) is 12.1 Å². The molecular formula is C18H20N2O2. The summed E-state index contributed by atoms with van der Waals surface area (Å²) in [6.45, 7) is 1.31. The van der Waals surface area contributed by atoms with Crippen molar-refractivity contribution in [3.63, 3.8) is 0 Å². The fourth-order valence-corrected chi connectivity index (χ4v) is 2.80. The number of anilines is 1. The molecule has 1 atom stereocenters. The van der Waals surface area contributed by atoms with Gasteiger partial charge in [0.25, 0.3) is 5.91 Å². The second-order valence-electron chi connectivity index (χ2n) is 5.35. The first-order valence-corrected chi connectivity index (χ1v) is 7.51. The SMILES string of the molecule is COCCCN1C(=O)c2ccccc2N[C@H]1c1ccccc1. The van der Waals surface area contributed by atoms with Gasteiger partial charge in [0, 0.05) is 25.9 Å². The molecule has 0 aromatic heterocycles. The van der Waals surface area contributed by atoms with Gasteiger partial charge in [0.05, 0.1) is 5.56 Å². The maximum atomic E-state index is 12.8. The number of methoxy groups -OCH3 is 1. The van der Waals surface area contributed by atoms with Crippen LogP contribution in [0.25, 0.3) is 0 Å². The van der Waals surface area contributed by atoms with Gasteiger partial charge < -0.3 is 15.0 Å². The molecule has 0 spiro atoms. The highest BCUT2D eigenvalue weighted by atomic mass is 16.5. The van der Waals surface area contributed by atoms with Crippen molar-refractivity contribution in [1.29, 1.82) is 0 Å². The number of rotatable bonds is 5. The molecule has 0 saturated carbocycles. The number of nitrogens with one attached hydrogen (secondary N) is 1. The molecule has 0 unspecified atom stereocenters. The van der Waals surface area contributed by atoms with Crippen LogP contribution in [0, 0.1) is 0 Å². The van der Waals surface area contributed by atoms with E-state index in [2.05, 4.69) is 5.32 Å². The Kier molecular flexibility index (Phi) is 4.39. The van der Waals surface area contributed by atoms with Crippen LogP contribution in [-0.4, -0.2) is 31.1 Å². The summed E-state index contributed by atoms with van der Waals surface area (Å²) in [6, 6.07) is 17.7. The summed E-state index contributed by atoms with van der Waals surface area (Å²) in [6.07, 6.45) is 0.676. The van der Waals surface area contributed by atoms with Gasteiger partial charge in [0.15, 0.2) is 0 Å². The highest BCUT2D eigenvalue weighted by Crippen LogP contribution is 2.32. The minimum absolute atomic E-state index is 0.0688. The van der Waals surface area contributed by atoms with Gasteiger partial charge in [0.2, 0.25) is 0 Å². The summed E-state index contributed by atoms with van der Waals surface area (Å²) in [5.74, 6) is 0.0688. The fraction of sp³-hybridized carbons (Fsp3) is 0.278. The Morgan fingerprint density at radius 2 is 1.82 bits per heavy atom. The number of hydrogen-bond donors (Lipinski definition) is 1. The van der Waals surface area contributed by atoms with Crippen LogP contribution < -0.4 is 5.32 Å². The van der Waals surface area contributed by atoms with Crippen LogP contribution in [0.1, 0.15) is 28.5 Å². The number of benzene rings is 2. The van der Waals surface area contributed by atoms with Gasteiger partial charge in [-0.3, -0.25) is 4.79 Å². The normalized spacial score (nSPS) is 17.0. The Bertz CT molecular complexity index is 643. The standard InChI is InChI=1S/C18H20N2O2/c1-22-13-7-12-20-17(14-8-3-2-4-9-14)19-16-11-6-5-10-15(16)18(20)21/h2-6,8-11,17,19H,7,12-13H2,1H3/t17-/m1/s1. The van der Waals surface area contributed by atoms with E-state index in [0.717, 1.165) is 23.2 Å². The average molecular weight is 296 g/mol. The van der Waals surface area contributed by atoms with E-state index in [1.165, 1.54) is 0 Å². The predicted molar refractivity (Wildman–Crippen MR) is 86.8 cm³/mol. The van der Waals surface area contributed by atoms with Crippen molar-refractivity contribution < 1.29 is 9.53 Å². The second-order valence-corrected chi connectivity index (χ2v) is 5.35. The molecule has 0 bridgehead atoms. The smallest absolute Gasteiger partial charge is 0.257 e. The molecule has 1 aliphatic heterocycles. The third-order valence-electron chi connectivity index (χ3n) is 3.89. The maximum Gasteiger partial charge on any atom is 0.257 e. The largest absolute Gasteiger partial charge is 0.385 e. The van der Waals surface area contributed by atoms with Crippen molar-refractivity contribution in [3.8, 4) is 0 Å². The molecule has 0 saturated heterocycles. The number of hydrogen-bond acceptors (Lipinski definition) is 3. The van der Waals surface area contributed by atoms with Crippen LogP contribution >= 0.6 is 0 Å². The molecule has 0 aliphatic carbocycles. The molecule has 1 heterocycles. The van der Waals surface area contributed by atoms with E-state index in [4.69, 9.17) is 4.74 Å². The highest BCUT2D eigenvalue weighted by molar-refractivity contribution is 6.01. The van der Waals surface area contributed by atoms with Crippen LogP contribution in [0.15, 0.2) is 54.6 Å². The Balaban J connectivity index is 1.93. The zero-order valence-corrected chi connectivity index (χ0v) is 12.7. The topological polar surface area (TPSA) is 41.6 Å². The summed E-state index contributed by atoms with van der Waals surface area (Å²) < 4.78 is 5.12. The molecule has 3 rings (SSSR count). The Hall–Kier alpha value is -2.33. The predicted octanol–water partition coefficient (Wildman–Crippen LogP) is 3.29. The molecule has 2 aromatic carbocycles. The summed E-state index contributed by atoms with van der Waals surface area (Å²) in [5.41, 5.74) is 2.71. The van der Waals surface area contributed by atoms with Crippen LogP contribution in [-0.2, 0) is 4.74 Å². The summed E-state index contributed by atoms with van der Waals surface area (Å²) in [4.78, 5) is 14.7. The van der Waals surface area contributed by atoms with E-state index >= 15 is 0 Å². The van der Waals surface area contributed by atoms with Gasteiger partial charge in [-0.05, 0) is 24.1 Å². The molecule has 22 heavy (non-hydrogen) atoms. The van der Waals surface area contributed by atoms with E-state index in [1.54, 1.807) is 7.11 Å². The molecule has 1 aliphatic rings. The number of nitrogens with zero attached hydrogens (tertiary/aromatic N) is 1. The molecule has 4 nitrogen and oxygen atoms in total.